The van der Waals surface area contributed by atoms with Gasteiger partial charge in [-0.2, -0.15) is 0 Å². The summed E-state index contributed by atoms with van der Waals surface area (Å²) >= 11 is 1.41. The summed E-state index contributed by atoms with van der Waals surface area (Å²) in [5.74, 6) is 0.976. The molecule has 1 N–H and O–H groups in total. The quantitative estimate of drug-likeness (QED) is 0.219. The largest absolute Gasteiger partial charge is 0.508 e. The SMILES string of the molecule is COc1ccc(CN(Cc2ccc(O)cc2)c2nc(-c3ccccc3)c(C(=O)c3ccccc3)s2)cc1. The molecule has 4 aromatic carbocycles. The minimum atomic E-state index is -0.0442. The van der Waals surface area contributed by atoms with E-state index >= 15 is 0 Å². The van der Waals surface area contributed by atoms with Gasteiger partial charge in [-0.15, -0.1) is 0 Å². The average molecular weight is 507 g/mol. The first kappa shape index (κ1) is 24.3. The normalized spacial score (nSPS) is 10.7. The highest BCUT2D eigenvalue weighted by Crippen LogP contribution is 2.36. The Morgan fingerprint density at radius 3 is 1.97 bits per heavy atom. The van der Waals surface area contributed by atoms with Gasteiger partial charge in [-0.05, 0) is 35.4 Å². The molecule has 6 heteroatoms. The third-order valence-corrected chi connectivity index (χ3v) is 7.13. The van der Waals surface area contributed by atoms with Crippen LogP contribution < -0.4 is 9.64 Å². The number of nitrogens with zero attached hydrogens (tertiary/aromatic N) is 2. The van der Waals surface area contributed by atoms with Crippen molar-refractivity contribution >= 4 is 22.3 Å². The van der Waals surface area contributed by atoms with E-state index in [0.29, 0.717) is 29.2 Å². The standard InChI is InChI=1S/C31H26N2O3S/c1-36-27-18-14-23(15-19-27)21-33(20-22-12-16-26(34)17-13-22)31-32-28(24-8-4-2-5-9-24)30(37-31)29(35)25-10-6-3-7-11-25/h2-19,34H,20-21H2,1H3. The molecule has 0 radical (unpaired) electrons. The molecular formula is C31H26N2O3S. The zero-order valence-corrected chi connectivity index (χ0v) is 21.2. The summed E-state index contributed by atoms with van der Waals surface area (Å²) in [4.78, 5) is 21.4. The number of hydrogen-bond acceptors (Lipinski definition) is 6. The van der Waals surface area contributed by atoms with E-state index in [4.69, 9.17) is 9.72 Å². The number of phenolic OH excluding ortho intramolecular Hbond substituents is 1. The van der Waals surface area contributed by atoms with Crippen LogP contribution in [-0.4, -0.2) is 23.0 Å². The number of thiazole rings is 1. The van der Waals surface area contributed by atoms with Crippen molar-refractivity contribution in [1.82, 2.24) is 4.98 Å². The second kappa shape index (κ2) is 11.1. The summed E-state index contributed by atoms with van der Waals surface area (Å²) in [6, 6.07) is 34.3. The maximum absolute atomic E-state index is 13.6. The van der Waals surface area contributed by atoms with Gasteiger partial charge in [-0.1, -0.05) is 96.3 Å². The molecular weight excluding hydrogens is 480 g/mol. The topological polar surface area (TPSA) is 62.7 Å². The third-order valence-electron chi connectivity index (χ3n) is 6.02. The first-order valence-corrected chi connectivity index (χ1v) is 12.7. The number of phenols is 1. The Morgan fingerprint density at radius 2 is 1.38 bits per heavy atom. The van der Waals surface area contributed by atoms with Gasteiger partial charge in [0.05, 0.1) is 12.8 Å². The van der Waals surface area contributed by atoms with E-state index in [2.05, 4.69) is 4.90 Å². The lowest BCUT2D eigenvalue weighted by atomic mass is 10.1. The molecule has 0 saturated carbocycles. The van der Waals surface area contributed by atoms with Crippen LogP contribution in [0.5, 0.6) is 11.5 Å². The zero-order chi connectivity index (χ0) is 25.6. The van der Waals surface area contributed by atoms with E-state index in [1.165, 1.54) is 11.3 Å². The summed E-state index contributed by atoms with van der Waals surface area (Å²) < 4.78 is 5.32. The van der Waals surface area contributed by atoms with Gasteiger partial charge >= 0.3 is 0 Å². The maximum atomic E-state index is 13.6. The fraction of sp³-hybridized carbons (Fsp3) is 0.0968. The maximum Gasteiger partial charge on any atom is 0.205 e. The molecule has 1 heterocycles. The average Bonchev–Trinajstić information content (AvgIpc) is 3.40. The molecule has 0 saturated heterocycles. The molecule has 5 nitrogen and oxygen atoms in total. The van der Waals surface area contributed by atoms with Gasteiger partial charge in [0.15, 0.2) is 5.13 Å². The van der Waals surface area contributed by atoms with E-state index in [1.54, 1.807) is 19.2 Å². The lowest BCUT2D eigenvalue weighted by molar-refractivity contribution is 0.104. The van der Waals surface area contributed by atoms with Gasteiger partial charge in [-0.25, -0.2) is 4.98 Å². The first-order valence-electron chi connectivity index (χ1n) is 11.9. The van der Waals surface area contributed by atoms with Gasteiger partial charge in [-0.3, -0.25) is 4.79 Å². The molecule has 5 rings (SSSR count). The Balaban J connectivity index is 1.57. The van der Waals surface area contributed by atoms with E-state index in [-0.39, 0.29) is 11.5 Å². The summed E-state index contributed by atoms with van der Waals surface area (Å²) in [5.41, 5.74) is 4.33. The molecule has 0 aliphatic carbocycles. The van der Waals surface area contributed by atoms with Gasteiger partial charge in [0.1, 0.15) is 16.4 Å². The molecule has 0 atom stereocenters. The summed E-state index contributed by atoms with van der Waals surface area (Å²) in [6.07, 6.45) is 0. The summed E-state index contributed by atoms with van der Waals surface area (Å²) in [5, 5.41) is 10.5. The van der Waals surface area contributed by atoms with Crippen LogP contribution in [0.1, 0.15) is 26.4 Å². The molecule has 0 unspecified atom stereocenters. The molecule has 5 aromatic rings. The van der Waals surface area contributed by atoms with Crippen molar-refractivity contribution < 1.29 is 14.6 Å². The van der Waals surface area contributed by atoms with Gasteiger partial charge in [0.2, 0.25) is 5.78 Å². The molecule has 0 amide bonds. The fourth-order valence-corrected chi connectivity index (χ4v) is 5.12. The lowest BCUT2D eigenvalue weighted by Crippen LogP contribution is -2.22. The summed E-state index contributed by atoms with van der Waals surface area (Å²) in [6.45, 7) is 1.15. The second-order valence-electron chi connectivity index (χ2n) is 8.61. The number of anilines is 1. The predicted octanol–water partition coefficient (Wildman–Crippen LogP) is 6.96. The van der Waals surface area contributed by atoms with Crippen LogP contribution >= 0.6 is 11.3 Å². The van der Waals surface area contributed by atoms with Crippen LogP contribution in [0.25, 0.3) is 11.3 Å². The van der Waals surface area contributed by atoms with Crippen molar-refractivity contribution in [1.29, 1.82) is 0 Å². The Labute approximate surface area is 220 Å². The molecule has 0 spiro atoms. The van der Waals surface area contributed by atoms with Crippen molar-refractivity contribution in [3.05, 3.63) is 131 Å². The molecule has 184 valence electrons. The van der Waals surface area contributed by atoms with Crippen LogP contribution in [0.3, 0.4) is 0 Å². The molecule has 0 fully saturated rings. The number of aromatic hydroxyl groups is 1. The molecule has 0 aliphatic heterocycles. The van der Waals surface area contributed by atoms with E-state index in [0.717, 1.165) is 27.6 Å². The highest BCUT2D eigenvalue weighted by atomic mass is 32.1. The number of aromatic nitrogens is 1. The first-order chi connectivity index (χ1) is 18.1. The van der Waals surface area contributed by atoms with Gasteiger partial charge < -0.3 is 14.7 Å². The van der Waals surface area contributed by atoms with E-state index in [9.17, 15) is 9.90 Å². The number of ketones is 1. The van der Waals surface area contributed by atoms with Crippen molar-refractivity contribution in [2.75, 3.05) is 12.0 Å². The van der Waals surface area contributed by atoms with Crippen LogP contribution in [0.15, 0.2) is 109 Å². The molecule has 1 aromatic heterocycles. The number of carbonyl (C=O) groups is 1. The van der Waals surface area contributed by atoms with Gasteiger partial charge in [0, 0.05) is 24.2 Å². The highest BCUT2D eigenvalue weighted by molar-refractivity contribution is 7.18. The number of benzene rings is 4. The number of carbonyl (C=O) groups excluding carboxylic acids is 1. The van der Waals surface area contributed by atoms with Crippen LogP contribution in [0.2, 0.25) is 0 Å². The van der Waals surface area contributed by atoms with Crippen LogP contribution in [-0.2, 0) is 13.1 Å². The van der Waals surface area contributed by atoms with Crippen LogP contribution in [0, 0.1) is 0 Å². The van der Waals surface area contributed by atoms with E-state index in [1.807, 2.05) is 97.1 Å². The lowest BCUT2D eigenvalue weighted by Gasteiger charge is -2.22. The fourth-order valence-electron chi connectivity index (χ4n) is 4.07. The Bertz CT molecular complexity index is 1470. The number of ether oxygens (including phenoxy) is 1. The molecule has 37 heavy (non-hydrogen) atoms. The minimum absolute atomic E-state index is 0.0442. The number of rotatable bonds is 9. The Morgan fingerprint density at radius 1 is 0.811 bits per heavy atom. The number of hydrogen-bond donors (Lipinski definition) is 1. The predicted molar refractivity (Wildman–Crippen MR) is 148 cm³/mol. The van der Waals surface area contributed by atoms with Crippen molar-refractivity contribution in [3.8, 4) is 22.8 Å². The van der Waals surface area contributed by atoms with Crippen LogP contribution in [0.4, 0.5) is 5.13 Å². The van der Waals surface area contributed by atoms with Crippen molar-refractivity contribution in [2.45, 2.75) is 13.1 Å². The zero-order valence-electron chi connectivity index (χ0n) is 20.4. The highest BCUT2D eigenvalue weighted by Gasteiger charge is 2.23. The third kappa shape index (κ3) is 5.71. The smallest absolute Gasteiger partial charge is 0.205 e. The van der Waals surface area contributed by atoms with Crippen molar-refractivity contribution in [2.24, 2.45) is 0 Å². The molecule has 0 aliphatic rings. The van der Waals surface area contributed by atoms with Crippen molar-refractivity contribution in [3.63, 3.8) is 0 Å². The Hall–Kier alpha value is -4.42. The monoisotopic (exact) mass is 506 g/mol. The number of methoxy groups -OCH3 is 1. The molecule has 0 bridgehead atoms. The van der Waals surface area contributed by atoms with Gasteiger partial charge in [0.25, 0.3) is 0 Å². The Kier molecular flexibility index (Phi) is 7.28. The minimum Gasteiger partial charge on any atom is -0.508 e. The second-order valence-corrected chi connectivity index (χ2v) is 9.58. The summed E-state index contributed by atoms with van der Waals surface area (Å²) in [7, 11) is 1.65. The van der Waals surface area contributed by atoms with E-state index < -0.39 is 0 Å².